The first-order valence-electron chi connectivity index (χ1n) is 10.0. The van der Waals surface area contributed by atoms with Gasteiger partial charge in [0.25, 0.3) is 0 Å². The third kappa shape index (κ3) is 8.45. The summed E-state index contributed by atoms with van der Waals surface area (Å²) >= 11 is 1.50. The Morgan fingerprint density at radius 2 is 1.81 bits per heavy atom. The molecule has 0 saturated carbocycles. The summed E-state index contributed by atoms with van der Waals surface area (Å²) < 4.78 is 15.5. The van der Waals surface area contributed by atoms with Crippen molar-refractivity contribution in [2.75, 3.05) is 19.0 Å². The van der Waals surface area contributed by atoms with Gasteiger partial charge in [0.15, 0.2) is 5.13 Å². The van der Waals surface area contributed by atoms with Crippen LogP contribution in [0.25, 0.3) is 0 Å². The number of anilines is 1. The summed E-state index contributed by atoms with van der Waals surface area (Å²) in [5.41, 5.74) is 1.08. The van der Waals surface area contributed by atoms with Gasteiger partial charge in [0.2, 0.25) is 0 Å². The third-order valence-corrected chi connectivity index (χ3v) is 4.86. The number of hydrogen-bond acceptors (Lipinski definition) is 8. The molecule has 1 amide bonds. The molecule has 9 heteroatoms. The Labute approximate surface area is 187 Å². The molecule has 2 aromatic rings. The van der Waals surface area contributed by atoms with E-state index in [9.17, 15) is 9.59 Å². The minimum Gasteiger partial charge on any atom is -0.444 e. The Kier molecular flexibility index (Phi) is 8.27. The van der Waals surface area contributed by atoms with Crippen LogP contribution in [0.3, 0.4) is 0 Å². The lowest BCUT2D eigenvalue weighted by atomic mass is 10.0. The number of thiazole rings is 1. The first-order chi connectivity index (χ1) is 14.4. The van der Waals surface area contributed by atoms with E-state index in [2.05, 4.69) is 10.3 Å². The largest absolute Gasteiger partial charge is 0.514 e. The summed E-state index contributed by atoms with van der Waals surface area (Å²) in [5.74, 6) is 0.384. The maximum atomic E-state index is 12.4. The Balaban J connectivity index is 2.14. The molecule has 0 fully saturated rings. The highest BCUT2D eigenvalue weighted by Gasteiger charge is 2.23. The van der Waals surface area contributed by atoms with Crippen molar-refractivity contribution in [3.05, 3.63) is 40.9 Å². The van der Waals surface area contributed by atoms with Crippen LogP contribution in [0.2, 0.25) is 0 Å². The van der Waals surface area contributed by atoms with Gasteiger partial charge in [-0.25, -0.2) is 14.6 Å². The molecule has 170 valence electrons. The van der Waals surface area contributed by atoms with Gasteiger partial charge >= 0.3 is 12.2 Å². The fraction of sp³-hybridized carbons (Fsp3) is 0.500. The van der Waals surface area contributed by atoms with Crippen LogP contribution in [0.5, 0.6) is 5.75 Å². The molecule has 8 nitrogen and oxygen atoms in total. The second-order valence-corrected chi connectivity index (χ2v) is 9.35. The van der Waals surface area contributed by atoms with Crippen molar-refractivity contribution in [3.8, 4) is 5.75 Å². The van der Waals surface area contributed by atoms with Gasteiger partial charge in [0.05, 0.1) is 17.8 Å². The van der Waals surface area contributed by atoms with Crippen molar-refractivity contribution in [3.63, 3.8) is 0 Å². The van der Waals surface area contributed by atoms with Crippen LogP contribution in [0.15, 0.2) is 29.6 Å². The van der Waals surface area contributed by atoms with Gasteiger partial charge in [-0.3, -0.25) is 0 Å². The predicted octanol–water partition coefficient (Wildman–Crippen LogP) is 4.94. The van der Waals surface area contributed by atoms with Crippen LogP contribution >= 0.6 is 11.3 Å². The fourth-order valence-electron chi connectivity index (χ4n) is 2.56. The van der Waals surface area contributed by atoms with E-state index in [-0.39, 0.29) is 12.1 Å². The monoisotopic (exact) mass is 449 g/mol. The topological polar surface area (TPSA) is 90.0 Å². The summed E-state index contributed by atoms with van der Waals surface area (Å²) in [4.78, 5) is 30.6. The van der Waals surface area contributed by atoms with Crippen LogP contribution < -0.4 is 15.0 Å². The number of carbonyl (C=O) groups excluding carboxylic acids is 2. The minimum absolute atomic E-state index is 0.253. The quantitative estimate of drug-likeness (QED) is 0.473. The van der Waals surface area contributed by atoms with Crippen molar-refractivity contribution >= 4 is 28.7 Å². The number of hydrogen-bond donors (Lipinski definition) is 1. The number of benzene rings is 1. The first-order valence-corrected chi connectivity index (χ1v) is 10.9. The molecule has 0 aliphatic heterocycles. The van der Waals surface area contributed by atoms with Gasteiger partial charge in [0.1, 0.15) is 11.4 Å². The zero-order valence-electron chi connectivity index (χ0n) is 19.1. The number of amides is 1. The van der Waals surface area contributed by atoms with Gasteiger partial charge in [-0.05, 0) is 58.7 Å². The summed E-state index contributed by atoms with van der Waals surface area (Å²) in [7, 11) is 3.84. The van der Waals surface area contributed by atoms with Crippen LogP contribution in [0.1, 0.15) is 51.9 Å². The predicted molar refractivity (Wildman–Crippen MR) is 121 cm³/mol. The van der Waals surface area contributed by atoms with Crippen LogP contribution in [0, 0.1) is 0 Å². The van der Waals surface area contributed by atoms with E-state index in [4.69, 9.17) is 14.2 Å². The average Bonchev–Trinajstić information content (AvgIpc) is 3.11. The molecule has 1 aromatic carbocycles. The van der Waals surface area contributed by atoms with Crippen molar-refractivity contribution < 1.29 is 23.8 Å². The van der Waals surface area contributed by atoms with E-state index < -0.39 is 17.8 Å². The molecular weight excluding hydrogens is 418 g/mol. The first kappa shape index (κ1) is 24.5. The highest BCUT2D eigenvalue weighted by Crippen LogP contribution is 2.26. The van der Waals surface area contributed by atoms with Gasteiger partial charge < -0.3 is 24.4 Å². The summed E-state index contributed by atoms with van der Waals surface area (Å²) in [6.45, 7) is 8.96. The van der Waals surface area contributed by atoms with Crippen LogP contribution in [-0.4, -0.2) is 43.0 Å². The number of carbonyl (C=O) groups is 2. The molecule has 0 aliphatic carbocycles. The van der Waals surface area contributed by atoms with E-state index in [1.54, 1.807) is 26.0 Å². The van der Waals surface area contributed by atoms with Crippen molar-refractivity contribution in [2.24, 2.45) is 0 Å². The van der Waals surface area contributed by atoms with Gasteiger partial charge in [-0.1, -0.05) is 12.1 Å². The van der Waals surface area contributed by atoms with Gasteiger partial charge in [0, 0.05) is 19.5 Å². The third-order valence-electron chi connectivity index (χ3n) is 3.84. The van der Waals surface area contributed by atoms with E-state index in [0.29, 0.717) is 12.2 Å². The molecule has 0 spiro atoms. The Hall–Kier alpha value is -2.81. The number of aromatic nitrogens is 1. The maximum absolute atomic E-state index is 12.4. The second-order valence-electron chi connectivity index (χ2n) is 8.51. The highest BCUT2D eigenvalue weighted by atomic mass is 32.1. The van der Waals surface area contributed by atoms with Crippen molar-refractivity contribution in [1.82, 2.24) is 10.3 Å². The number of ether oxygens (including phenoxy) is 3. The van der Waals surface area contributed by atoms with Crippen molar-refractivity contribution in [1.29, 1.82) is 0 Å². The van der Waals surface area contributed by atoms with E-state index in [0.717, 1.165) is 16.4 Å². The number of nitrogens with one attached hydrogen (secondary N) is 1. The van der Waals surface area contributed by atoms with E-state index in [1.165, 1.54) is 11.3 Å². The maximum Gasteiger partial charge on any atom is 0.514 e. The van der Waals surface area contributed by atoms with E-state index in [1.807, 2.05) is 57.3 Å². The standard InChI is InChI=1S/C22H31N3O5S/c1-14(2)28-21(27)29-16-10-8-15(9-11-16)12-17(24-20(26)30-22(3,4)5)18-13-31-19(23-18)25(6)7/h8-11,13-14,17H,12H2,1-7H3,(H,24,26). The molecule has 0 radical (unpaired) electrons. The molecular formula is C22H31N3O5S. The van der Waals surface area contributed by atoms with Gasteiger partial charge in [-0.15, -0.1) is 11.3 Å². The smallest absolute Gasteiger partial charge is 0.444 e. The molecule has 1 atom stereocenters. The van der Waals surface area contributed by atoms with Gasteiger partial charge in [-0.2, -0.15) is 0 Å². The Bertz CT molecular complexity index is 872. The minimum atomic E-state index is -0.745. The number of alkyl carbamates (subject to hydrolysis) is 1. The summed E-state index contributed by atoms with van der Waals surface area (Å²) in [6.07, 6.45) is -1.01. The van der Waals surface area contributed by atoms with Crippen LogP contribution in [0.4, 0.5) is 14.7 Å². The molecule has 1 heterocycles. The summed E-state index contributed by atoms with van der Waals surface area (Å²) in [6, 6.07) is 6.67. The molecule has 1 aromatic heterocycles. The second kappa shape index (κ2) is 10.5. The lowest BCUT2D eigenvalue weighted by molar-refractivity contribution is 0.0501. The SMILES string of the molecule is CC(C)OC(=O)Oc1ccc(CC(NC(=O)OC(C)(C)C)c2csc(N(C)C)n2)cc1. The Morgan fingerprint density at radius 3 is 2.32 bits per heavy atom. The fourth-order valence-corrected chi connectivity index (χ4v) is 3.38. The normalized spacial score (nSPS) is 12.3. The Morgan fingerprint density at radius 1 is 1.16 bits per heavy atom. The molecule has 1 unspecified atom stereocenters. The number of rotatable bonds is 7. The lowest BCUT2D eigenvalue weighted by Gasteiger charge is -2.23. The highest BCUT2D eigenvalue weighted by molar-refractivity contribution is 7.13. The zero-order valence-corrected chi connectivity index (χ0v) is 19.9. The van der Waals surface area contributed by atoms with E-state index >= 15 is 0 Å². The molecule has 1 N–H and O–H groups in total. The molecule has 31 heavy (non-hydrogen) atoms. The van der Waals surface area contributed by atoms with Crippen LogP contribution in [-0.2, 0) is 15.9 Å². The molecule has 0 saturated heterocycles. The molecule has 0 bridgehead atoms. The lowest BCUT2D eigenvalue weighted by Crippen LogP contribution is -2.36. The summed E-state index contributed by atoms with van der Waals surface area (Å²) in [5, 5.41) is 5.69. The average molecular weight is 450 g/mol. The number of nitrogens with zero attached hydrogens (tertiary/aromatic N) is 2. The molecule has 0 aliphatic rings. The van der Waals surface area contributed by atoms with Crippen molar-refractivity contribution in [2.45, 2.75) is 58.8 Å². The molecule has 2 rings (SSSR count). The zero-order chi connectivity index (χ0) is 23.2.